The molecule has 1 aliphatic rings. The Labute approximate surface area is 128 Å². The highest BCUT2D eigenvalue weighted by Gasteiger charge is 2.22. The van der Waals surface area contributed by atoms with E-state index < -0.39 is 0 Å². The van der Waals surface area contributed by atoms with Gasteiger partial charge in [-0.15, -0.1) is 11.3 Å². The molecule has 0 saturated carbocycles. The maximum atomic E-state index is 3.66. The highest BCUT2D eigenvalue weighted by Crippen LogP contribution is 2.40. The Kier molecular flexibility index (Phi) is 3.78. The molecule has 3 rings (SSSR count). The van der Waals surface area contributed by atoms with E-state index in [1.165, 1.54) is 39.2 Å². The molecule has 1 heterocycles. The topological polar surface area (TPSA) is 12.0 Å². The first-order valence-electron chi connectivity index (χ1n) is 6.03. The van der Waals surface area contributed by atoms with Crippen LogP contribution in [0.2, 0.25) is 0 Å². The van der Waals surface area contributed by atoms with Crippen LogP contribution >= 0.6 is 43.2 Å². The molecule has 18 heavy (non-hydrogen) atoms. The van der Waals surface area contributed by atoms with Crippen molar-refractivity contribution in [3.05, 3.63) is 49.0 Å². The van der Waals surface area contributed by atoms with Crippen molar-refractivity contribution in [2.45, 2.75) is 25.3 Å². The summed E-state index contributed by atoms with van der Waals surface area (Å²) in [5.41, 5.74) is 2.64. The van der Waals surface area contributed by atoms with Crippen LogP contribution in [0.3, 0.4) is 0 Å². The van der Waals surface area contributed by atoms with Crippen molar-refractivity contribution in [1.29, 1.82) is 0 Å². The van der Waals surface area contributed by atoms with Crippen LogP contribution < -0.4 is 5.32 Å². The second kappa shape index (κ2) is 5.35. The molecule has 0 amide bonds. The van der Waals surface area contributed by atoms with Gasteiger partial charge in [-0.1, -0.05) is 12.1 Å². The van der Waals surface area contributed by atoms with Crippen molar-refractivity contribution < 1.29 is 0 Å². The molecule has 94 valence electrons. The van der Waals surface area contributed by atoms with Crippen molar-refractivity contribution in [3.63, 3.8) is 0 Å². The molecule has 4 heteroatoms. The lowest BCUT2D eigenvalue weighted by molar-refractivity contribution is 0.608. The number of thiophene rings is 1. The Balaban J connectivity index is 1.88. The van der Waals surface area contributed by atoms with E-state index in [2.05, 4.69) is 61.4 Å². The Hall–Kier alpha value is -0.320. The van der Waals surface area contributed by atoms with Crippen LogP contribution in [0, 0.1) is 0 Å². The number of hydrogen-bond acceptors (Lipinski definition) is 2. The predicted octanol–water partition coefficient (Wildman–Crippen LogP) is 5.76. The number of rotatable bonds is 2. The van der Waals surface area contributed by atoms with E-state index in [-0.39, 0.29) is 0 Å². The van der Waals surface area contributed by atoms with Crippen molar-refractivity contribution >= 4 is 48.9 Å². The fourth-order valence-corrected chi connectivity index (χ4v) is 4.66. The number of benzene rings is 1. The van der Waals surface area contributed by atoms with Gasteiger partial charge in [-0.05, 0) is 74.9 Å². The van der Waals surface area contributed by atoms with Gasteiger partial charge >= 0.3 is 0 Å². The number of hydrogen-bond donors (Lipinski definition) is 1. The number of para-hydroxylation sites is 1. The van der Waals surface area contributed by atoms with Gasteiger partial charge in [0, 0.05) is 15.0 Å². The number of anilines is 1. The Morgan fingerprint density at radius 1 is 1.22 bits per heavy atom. The van der Waals surface area contributed by atoms with Gasteiger partial charge in [0.2, 0.25) is 0 Å². The molecule has 1 N–H and O–H groups in total. The molecule has 0 saturated heterocycles. The lowest BCUT2D eigenvalue weighted by Crippen LogP contribution is -2.15. The summed E-state index contributed by atoms with van der Waals surface area (Å²) in [7, 11) is 0. The van der Waals surface area contributed by atoms with Crippen LogP contribution in [0.5, 0.6) is 0 Å². The van der Waals surface area contributed by atoms with Gasteiger partial charge in [-0.25, -0.2) is 0 Å². The monoisotopic (exact) mass is 385 g/mol. The van der Waals surface area contributed by atoms with E-state index in [4.69, 9.17) is 0 Å². The van der Waals surface area contributed by atoms with Gasteiger partial charge in [0.25, 0.3) is 0 Å². The Bertz CT molecular complexity index is 565. The predicted molar refractivity (Wildman–Crippen MR) is 85.5 cm³/mol. The summed E-state index contributed by atoms with van der Waals surface area (Å²) < 4.78 is 2.37. The minimum absolute atomic E-state index is 0.440. The normalized spacial score (nSPS) is 18.4. The molecule has 0 spiro atoms. The smallest absolute Gasteiger partial charge is 0.0705 e. The summed E-state index contributed by atoms with van der Waals surface area (Å²) in [5, 5.41) is 3.66. The molecular weight excluding hydrogens is 374 g/mol. The maximum absolute atomic E-state index is 3.66. The molecule has 1 aromatic carbocycles. The highest BCUT2D eigenvalue weighted by molar-refractivity contribution is 9.11. The van der Waals surface area contributed by atoms with Crippen molar-refractivity contribution in [3.8, 4) is 0 Å². The maximum Gasteiger partial charge on any atom is 0.0705 e. The van der Waals surface area contributed by atoms with Crippen LogP contribution in [-0.4, -0.2) is 0 Å². The lowest BCUT2D eigenvalue weighted by Gasteiger charge is -2.25. The van der Waals surface area contributed by atoms with Crippen molar-refractivity contribution in [1.82, 2.24) is 0 Å². The van der Waals surface area contributed by atoms with Crippen molar-refractivity contribution in [2.24, 2.45) is 0 Å². The highest BCUT2D eigenvalue weighted by atomic mass is 79.9. The van der Waals surface area contributed by atoms with E-state index in [0.29, 0.717) is 6.04 Å². The lowest BCUT2D eigenvalue weighted by atomic mass is 9.94. The van der Waals surface area contributed by atoms with E-state index >= 15 is 0 Å². The van der Waals surface area contributed by atoms with Gasteiger partial charge < -0.3 is 5.32 Å². The average molecular weight is 387 g/mol. The number of nitrogens with one attached hydrogen (secondary N) is 1. The van der Waals surface area contributed by atoms with E-state index in [0.717, 1.165) is 4.47 Å². The molecule has 0 radical (unpaired) electrons. The van der Waals surface area contributed by atoms with Crippen LogP contribution in [0.25, 0.3) is 0 Å². The molecular formula is C14H13Br2NS. The van der Waals surface area contributed by atoms with Gasteiger partial charge in [0.05, 0.1) is 9.83 Å². The molecule has 1 nitrogen and oxygen atoms in total. The van der Waals surface area contributed by atoms with Gasteiger partial charge in [0.1, 0.15) is 0 Å². The zero-order valence-corrected chi connectivity index (χ0v) is 13.7. The van der Waals surface area contributed by atoms with E-state index in [1.807, 2.05) is 17.4 Å². The number of aryl methyl sites for hydroxylation is 1. The first-order chi connectivity index (χ1) is 8.74. The fraction of sp³-hybridized carbons (Fsp3) is 0.286. The summed E-state index contributed by atoms with van der Waals surface area (Å²) >= 11 is 9.07. The van der Waals surface area contributed by atoms with E-state index in [9.17, 15) is 0 Å². The minimum atomic E-state index is 0.440. The van der Waals surface area contributed by atoms with Crippen LogP contribution in [0.15, 0.2) is 38.6 Å². The van der Waals surface area contributed by atoms with Gasteiger partial charge in [-0.3, -0.25) is 0 Å². The zero-order chi connectivity index (χ0) is 12.5. The Morgan fingerprint density at radius 2 is 2.06 bits per heavy atom. The summed E-state index contributed by atoms with van der Waals surface area (Å²) in [6.45, 7) is 0. The van der Waals surface area contributed by atoms with Gasteiger partial charge in [0.15, 0.2) is 0 Å². The second-order valence-corrected chi connectivity index (χ2v) is 7.87. The number of fused-ring (bicyclic) bond motifs is 1. The third kappa shape index (κ3) is 2.51. The first kappa shape index (κ1) is 12.7. The molecule has 2 aromatic rings. The van der Waals surface area contributed by atoms with Crippen molar-refractivity contribution in [2.75, 3.05) is 5.32 Å². The minimum Gasteiger partial charge on any atom is -0.377 e. The zero-order valence-electron chi connectivity index (χ0n) is 9.75. The SMILES string of the molecule is Brc1cc2c(s1)CCCC2Nc1ccccc1Br. The van der Waals surface area contributed by atoms with Gasteiger partial charge in [-0.2, -0.15) is 0 Å². The quantitative estimate of drug-likeness (QED) is 0.691. The summed E-state index contributed by atoms with van der Waals surface area (Å²) in [4.78, 5) is 1.53. The standard InChI is InChI=1S/C14H13Br2NS/c15-10-4-1-2-5-12(10)17-11-6-3-7-13-9(11)8-14(16)18-13/h1-2,4-5,8,11,17H,3,6-7H2. The summed E-state index contributed by atoms with van der Waals surface area (Å²) in [5.74, 6) is 0. The molecule has 0 fully saturated rings. The first-order valence-corrected chi connectivity index (χ1v) is 8.43. The molecule has 0 bridgehead atoms. The fourth-order valence-electron chi connectivity index (χ4n) is 2.44. The van der Waals surface area contributed by atoms with Crippen LogP contribution in [-0.2, 0) is 6.42 Å². The molecule has 1 atom stereocenters. The second-order valence-electron chi connectivity index (χ2n) is 4.50. The molecule has 0 aliphatic heterocycles. The molecule has 1 aromatic heterocycles. The third-order valence-electron chi connectivity index (χ3n) is 3.29. The van der Waals surface area contributed by atoms with E-state index in [1.54, 1.807) is 0 Å². The third-order valence-corrected chi connectivity index (χ3v) is 5.69. The largest absolute Gasteiger partial charge is 0.377 e. The molecule has 1 unspecified atom stereocenters. The van der Waals surface area contributed by atoms with Crippen LogP contribution in [0.4, 0.5) is 5.69 Å². The summed E-state index contributed by atoms with van der Waals surface area (Å²) in [6.07, 6.45) is 3.69. The molecule has 1 aliphatic carbocycles. The van der Waals surface area contributed by atoms with Crippen LogP contribution in [0.1, 0.15) is 29.3 Å². The number of halogens is 2. The summed E-state index contributed by atoms with van der Waals surface area (Å²) in [6, 6.07) is 11.0. The average Bonchev–Trinajstić information content (AvgIpc) is 2.73. The Morgan fingerprint density at radius 3 is 2.89 bits per heavy atom.